The lowest BCUT2D eigenvalue weighted by Crippen LogP contribution is -2.45. The first kappa shape index (κ1) is 14.5. The smallest absolute Gasteiger partial charge is 0.0565 e. The van der Waals surface area contributed by atoms with Crippen molar-refractivity contribution in [2.75, 3.05) is 0 Å². The predicted octanol–water partition coefficient (Wildman–Crippen LogP) is 3.47. The second kappa shape index (κ2) is 6.53. The van der Waals surface area contributed by atoms with Crippen molar-refractivity contribution < 1.29 is 4.74 Å². The Kier molecular flexibility index (Phi) is 5.00. The van der Waals surface area contributed by atoms with E-state index in [1.807, 2.05) is 0 Å². The average Bonchev–Trinajstić information content (AvgIpc) is 2.30. The van der Waals surface area contributed by atoms with Crippen LogP contribution in [0.2, 0.25) is 0 Å². The quantitative estimate of drug-likeness (QED) is 0.896. The summed E-state index contributed by atoms with van der Waals surface area (Å²) in [4.78, 5) is 0. The molecule has 0 saturated carbocycles. The lowest BCUT2D eigenvalue weighted by molar-refractivity contribution is -0.0432. The Labute approximate surface area is 117 Å². The van der Waals surface area contributed by atoms with Gasteiger partial charge in [-0.05, 0) is 58.1 Å². The number of hydrogen-bond acceptors (Lipinski definition) is 2. The fourth-order valence-electron chi connectivity index (χ4n) is 3.17. The number of benzene rings is 1. The number of rotatable bonds is 4. The summed E-state index contributed by atoms with van der Waals surface area (Å²) in [5.74, 6) is 0. The highest BCUT2D eigenvalue weighted by atomic mass is 16.5. The first-order valence-corrected chi connectivity index (χ1v) is 7.50. The van der Waals surface area contributed by atoms with Gasteiger partial charge in [-0.25, -0.2) is 0 Å². The molecule has 106 valence electrons. The van der Waals surface area contributed by atoms with Gasteiger partial charge in [-0.15, -0.1) is 0 Å². The van der Waals surface area contributed by atoms with Gasteiger partial charge in [0, 0.05) is 12.1 Å². The number of ether oxygens (including phenoxy) is 1. The molecule has 1 saturated heterocycles. The molecule has 2 heteroatoms. The van der Waals surface area contributed by atoms with E-state index in [9.17, 15) is 0 Å². The maximum atomic E-state index is 5.80. The molecule has 1 N–H and O–H groups in total. The van der Waals surface area contributed by atoms with Gasteiger partial charge in [-0.2, -0.15) is 0 Å². The van der Waals surface area contributed by atoms with Gasteiger partial charge in [0.15, 0.2) is 0 Å². The normalized spacial score (nSPS) is 29.2. The average molecular weight is 261 g/mol. The van der Waals surface area contributed by atoms with E-state index in [-0.39, 0.29) is 0 Å². The van der Waals surface area contributed by atoms with Crippen LogP contribution in [0, 0.1) is 6.92 Å². The van der Waals surface area contributed by atoms with E-state index in [4.69, 9.17) is 4.74 Å². The van der Waals surface area contributed by atoms with Crippen molar-refractivity contribution in [3.05, 3.63) is 35.4 Å². The van der Waals surface area contributed by atoms with E-state index in [1.54, 1.807) is 0 Å². The van der Waals surface area contributed by atoms with E-state index in [0.29, 0.717) is 24.3 Å². The Morgan fingerprint density at radius 3 is 2.47 bits per heavy atom. The summed E-state index contributed by atoms with van der Waals surface area (Å²) in [6, 6.07) is 9.79. The highest BCUT2D eigenvalue weighted by molar-refractivity contribution is 5.26. The molecule has 1 aliphatic heterocycles. The first-order chi connectivity index (χ1) is 9.04. The fourth-order valence-corrected chi connectivity index (χ4v) is 3.17. The minimum absolute atomic E-state index is 0.381. The summed E-state index contributed by atoms with van der Waals surface area (Å²) >= 11 is 0. The maximum absolute atomic E-state index is 5.80. The van der Waals surface area contributed by atoms with E-state index >= 15 is 0 Å². The van der Waals surface area contributed by atoms with Crippen LogP contribution in [0.4, 0.5) is 0 Å². The minimum atomic E-state index is 0.381. The molecule has 0 aromatic heterocycles. The van der Waals surface area contributed by atoms with Crippen LogP contribution in [0.1, 0.15) is 44.7 Å². The molecule has 1 heterocycles. The SMILES string of the molecule is Cc1ccccc1CC(C)NC1CC(C)OC(C)C1. The third-order valence-electron chi connectivity index (χ3n) is 4.01. The number of nitrogens with one attached hydrogen (secondary N) is 1. The van der Waals surface area contributed by atoms with Gasteiger partial charge >= 0.3 is 0 Å². The second-order valence-corrected chi connectivity index (χ2v) is 6.12. The van der Waals surface area contributed by atoms with Gasteiger partial charge in [-0.1, -0.05) is 24.3 Å². The zero-order chi connectivity index (χ0) is 13.8. The van der Waals surface area contributed by atoms with Crippen molar-refractivity contribution in [1.29, 1.82) is 0 Å². The standard InChI is InChI=1S/C17H27NO/c1-12-7-5-6-8-16(12)9-13(2)18-17-10-14(3)19-15(4)11-17/h5-8,13-15,17-18H,9-11H2,1-4H3. The van der Waals surface area contributed by atoms with Crippen molar-refractivity contribution in [3.8, 4) is 0 Å². The molecule has 0 bridgehead atoms. The topological polar surface area (TPSA) is 21.3 Å². The third kappa shape index (κ3) is 4.32. The van der Waals surface area contributed by atoms with Crippen LogP contribution >= 0.6 is 0 Å². The zero-order valence-corrected chi connectivity index (χ0v) is 12.6. The molecule has 0 amide bonds. The van der Waals surface area contributed by atoms with Crippen LogP contribution in [0.25, 0.3) is 0 Å². The molecular formula is C17H27NO. The van der Waals surface area contributed by atoms with Crippen LogP contribution in [-0.2, 0) is 11.2 Å². The van der Waals surface area contributed by atoms with Crippen LogP contribution in [0.15, 0.2) is 24.3 Å². The minimum Gasteiger partial charge on any atom is -0.375 e. The molecule has 3 atom stereocenters. The summed E-state index contributed by atoms with van der Waals surface area (Å²) in [7, 11) is 0. The van der Waals surface area contributed by atoms with Crippen molar-refractivity contribution in [2.45, 2.75) is 71.2 Å². The summed E-state index contributed by atoms with van der Waals surface area (Å²) in [6.45, 7) is 8.84. The molecule has 0 aliphatic carbocycles. The van der Waals surface area contributed by atoms with Crippen LogP contribution in [-0.4, -0.2) is 24.3 Å². The van der Waals surface area contributed by atoms with E-state index < -0.39 is 0 Å². The summed E-state index contributed by atoms with van der Waals surface area (Å²) in [6.07, 6.45) is 4.12. The lowest BCUT2D eigenvalue weighted by Gasteiger charge is -2.34. The highest BCUT2D eigenvalue weighted by Gasteiger charge is 2.25. The van der Waals surface area contributed by atoms with Gasteiger partial charge in [-0.3, -0.25) is 0 Å². The molecule has 1 aromatic rings. The van der Waals surface area contributed by atoms with E-state index in [1.165, 1.54) is 11.1 Å². The van der Waals surface area contributed by atoms with Gasteiger partial charge in [0.25, 0.3) is 0 Å². The van der Waals surface area contributed by atoms with Crippen molar-refractivity contribution in [1.82, 2.24) is 5.32 Å². The molecule has 0 radical (unpaired) electrons. The maximum Gasteiger partial charge on any atom is 0.0565 e. The number of hydrogen-bond donors (Lipinski definition) is 1. The lowest BCUT2D eigenvalue weighted by atomic mass is 9.97. The largest absolute Gasteiger partial charge is 0.375 e. The molecular weight excluding hydrogens is 234 g/mol. The van der Waals surface area contributed by atoms with Crippen LogP contribution in [0.3, 0.4) is 0 Å². The summed E-state index contributed by atoms with van der Waals surface area (Å²) < 4.78 is 5.80. The Bertz CT molecular complexity index is 394. The van der Waals surface area contributed by atoms with Crippen LogP contribution < -0.4 is 5.32 Å². The monoisotopic (exact) mass is 261 g/mol. The molecule has 2 nitrogen and oxygen atoms in total. The molecule has 1 aromatic carbocycles. The van der Waals surface area contributed by atoms with Gasteiger partial charge in [0.1, 0.15) is 0 Å². The second-order valence-electron chi connectivity index (χ2n) is 6.12. The Hall–Kier alpha value is -0.860. The fraction of sp³-hybridized carbons (Fsp3) is 0.647. The van der Waals surface area contributed by atoms with Gasteiger partial charge in [0.05, 0.1) is 12.2 Å². The Morgan fingerprint density at radius 2 is 1.84 bits per heavy atom. The molecule has 2 rings (SSSR count). The third-order valence-corrected chi connectivity index (χ3v) is 4.01. The first-order valence-electron chi connectivity index (χ1n) is 7.50. The van der Waals surface area contributed by atoms with E-state index in [0.717, 1.165) is 19.3 Å². The molecule has 3 unspecified atom stereocenters. The van der Waals surface area contributed by atoms with Crippen LogP contribution in [0.5, 0.6) is 0 Å². The summed E-state index contributed by atoms with van der Waals surface area (Å²) in [5, 5.41) is 3.78. The molecule has 1 aliphatic rings. The molecule has 1 fully saturated rings. The van der Waals surface area contributed by atoms with Crippen molar-refractivity contribution >= 4 is 0 Å². The summed E-state index contributed by atoms with van der Waals surface area (Å²) in [5.41, 5.74) is 2.85. The van der Waals surface area contributed by atoms with Gasteiger partial charge in [0.2, 0.25) is 0 Å². The van der Waals surface area contributed by atoms with Crippen molar-refractivity contribution in [3.63, 3.8) is 0 Å². The van der Waals surface area contributed by atoms with Gasteiger partial charge < -0.3 is 10.1 Å². The van der Waals surface area contributed by atoms with E-state index in [2.05, 4.69) is 57.3 Å². The Morgan fingerprint density at radius 1 is 1.21 bits per heavy atom. The van der Waals surface area contributed by atoms with Crippen molar-refractivity contribution in [2.24, 2.45) is 0 Å². The zero-order valence-electron chi connectivity index (χ0n) is 12.6. The molecule has 0 spiro atoms. The highest BCUT2D eigenvalue weighted by Crippen LogP contribution is 2.20. The number of aryl methyl sites for hydroxylation is 1. The molecule has 19 heavy (non-hydrogen) atoms. The predicted molar refractivity (Wildman–Crippen MR) is 80.5 cm³/mol. The Balaban J connectivity index is 1.87.